The number of aryl methyl sites for hydroxylation is 1. The molecule has 0 radical (unpaired) electrons. The molecule has 0 aliphatic rings. The third kappa shape index (κ3) is 6.30. The molecule has 0 fully saturated rings. The van der Waals surface area contributed by atoms with Crippen molar-refractivity contribution in [2.45, 2.75) is 38.1 Å². The molecule has 1 amide bonds. The largest absolute Gasteiger partial charge is 0.482 e. The van der Waals surface area contributed by atoms with Crippen LogP contribution in [0.25, 0.3) is 0 Å². The van der Waals surface area contributed by atoms with Crippen molar-refractivity contribution < 1.29 is 27.5 Å². The summed E-state index contributed by atoms with van der Waals surface area (Å²) in [6, 6.07) is 10.5. The zero-order valence-electron chi connectivity index (χ0n) is 17.4. The molecule has 0 saturated carbocycles. The van der Waals surface area contributed by atoms with E-state index in [2.05, 4.69) is 14.8 Å². The summed E-state index contributed by atoms with van der Waals surface area (Å²) in [5, 5.41) is 2.78. The Morgan fingerprint density at radius 2 is 1.77 bits per heavy atom. The first-order chi connectivity index (χ1) is 14.2. The molecular weight excluding hydrogens is 408 g/mol. The van der Waals surface area contributed by atoms with Crippen LogP contribution < -0.4 is 14.8 Å². The Morgan fingerprint density at radius 3 is 2.33 bits per heavy atom. The highest BCUT2D eigenvalue weighted by atomic mass is 32.2. The molecule has 30 heavy (non-hydrogen) atoms. The average Bonchev–Trinajstić information content (AvgIpc) is 2.73. The van der Waals surface area contributed by atoms with E-state index in [4.69, 9.17) is 4.74 Å². The van der Waals surface area contributed by atoms with Gasteiger partial charge in [-0.3, -0.25) is 4.79 Å². The number of hydrogen-bond acceptors (Lipinski definition) is 6. The van der Waals surface area contributed by atoms with Crippen LogP contribution >= 0.6 is 0 Å². The van der Waals surface area contributed by atoms with Gasteiger partial charge in [0.25, 0.3) is 5.91 Å². The van der Waals surface area contributed by atoms with Gasteiger partial charge in [-0.05, 0) is 68.3 Å². The molecule has 0 aromatic heterocycles. The van der Waals surface area contributed by atoms with E-state index in [1.54, 1.807) is 32.0 Å². The summed E-state index contributed by atoms with van der Waals surface area (Å²) in [5.41, 5.74) is 1.63. The smallest absolute Gasteiger partial charge is 0.343 e. The van der Waals surface area contributed by atoms with Crippen molar-refractivity contribution in [3.8, 4) is 5.75 Å². The first-order valence-corrected chi connectivity index (χ1v) is 10.9. The summed E-state index contributed by atoms with van der Waals surface area (Å²) in [6.45, 7) is 5.26. The van der Waals surface area contributed by atoms with Crippen molar-refractivity contribution in [1.82, 2.24) is 4.72 Å². The van der Waals surface area contributed by atoms with E-state index in [1.165, 1.54) is 31.4 Å². The van der Waals surface area contributed by atoms with Gasteiger partial charge >= 0.3 is 5.97 Å². The van der Waals surface area contributed by atoms with Crippen molar-refractivity contribution in [3.05, 3.63) is 53.6 Å². The van der Waals surface area contributed by atoms with Crippen LogP contribution in [-0.2, 0) is 19.6 Å². The van der Waals surface area contributed by atoms with Crippen LogP contribution in [0, 0.1) is 6.92 Å². The molecule has 0 aliphatic heterocycles. The van der Waals surface area contributed by atoms with Crippen molar-refractivity contribution in [1.29, 1.82) is 0 Å². The molecule has 1 atom stereocenters. The molecule has 0 heterocycles. The lowest BCUT2D eigenvalue weighted by Crippen LogP contribution is -2.32. The van der Waals surface area contributed by atoms with E-state index in [0.29, 0.717) is 23.4 Å². The highest BCUT2D eigenvalue weighted by Crippen LogP contribution is 2.22. The summed E-state index contributed by atoms with van der Waals surface area (Å²) < 4.78 is 37.0. The molecule has 9 heteroatoms. The number of anilines is 1. The Bertz CT molecular complexity index is 1000. The quantitative estimate of drug-likeness (QED) is 0.587. The maximum Gasteiger partial charge on any atom is 0.343 e. The Hall–Kier alpha value is -2.91. The lowest BCUT2D eigenvalue weighted by atomic mass is 10.1. The number of carbonyl (C=O) groups is 2. The number of benzene rings is 2. The molecule has 0 spiro atoms. The van der Waals surface area contributed by atoms with Crippen LogP contribution in [0.2, 0.25) is 0 Å². The fraction of sp³-hybridized carbons (Fsp3) is 0.333. The van der Waals surface area contributed by atoms with Gasteiger partial charge < -0.3 is 14.8 Å². The Labute approximate surface area is 176 Å². The highest BCUT2D eigenvalue weighted by molar-refractivity contribution is 7.89. The number of esters is 1. The van der Waals surface area contributed by atoms with E-state index >= 15 is 0 Å². The third-order valence-electron chi connectivity index (χ3n) is 4.43. The van der Waals surface area contributed by atoms with Gasteiger partial charge in [0.1, 0.15) is 5.75 Å². The molecule has 1 unspecified atom stereocenters. The lowest BCUT2D eigenvalue weighted by Gasteiger charge is -2.13. The molecule has 0 saturated heterocycles. The van der Waals surface area contributed by atoms with Gasteiger partial charge in [-0.15, -0.1) is 0 Å². The molecule has 0 aliphatic carbocycles. The highest BCUT2D eigenvalue weighted by Gasteiger charge is 2.17. The van der Waals surface area contributed by atoms with E-state index in [0.717, 1.165) is 5.56 Å². The van der Waals surface area contributed by atoms with Gasteiger partial charge in [-0.2, -0.15) is 0 Å². The number of methoxy groups -OCH3 is 1. The molecule has 2 rings (SSSR count). The normalized spacial score (nSPS) is 12.1. The van der Waals surface area contributed by atoms with Crippen LogP contribution in [0.4, 0.5) is 5.69 Å². The van der Waals surface area contributed by atoms with Crippen molar-refractivity contribution in [2.24, 2.45) is 0 Å². The van der Waals surface area contributed by atoms with Gasteiger partial charge in [0.05, 0.1) is 12.0 Å². The SMILES string of the molecule is CCC(C)NS(=O)(=O)c1ccc(C(=O)Nc2ccc(OCC(=O)OC)cc2C)cc1. The zero-order valence-corrected chi connectivity index (χ0v) is 18.2. The van der Waals surface area contributed by atoms with Gasteiger partial charge in [0.15, 0.2) is 6.61 Å². The van der Waals surface area contributed by atoms with Crippen molar-refractivity contribution in [3.63, 3.8) is 0 Å². The predicted molar refractivity (Wildman–Crippen MR) is 113 cm³/mol. The maximum atomic E-state index is 12.5. The minimum absolute atomic E-state index is 0.0997. The monoisotopic (exact) mass is 434 g/mol. The lowest BCUT2D eigenvalue weighted by molar-refractivity contribution is -0.142. The standard InChI is InChI=1S/C21H26N2O6S/c1-5-15(3)23-30(26,27)18-9-6-16(7-10-18)21(25)22-19-11-8-17(12-14(19)2)29-13-20(24)28-4/h6-12,15,23H,5,13H2,1-4H3,(H,22,25). The number of ether oxygens (including phenoxy) is 2. The van der Waals surface area contributed by atoms with Crippen LogP contribution in [0.3, 0.4) is 0 Å². The van der Waals surface area contributed by atoms with Gasteiger partial charge in [-0.1, -0.05) is 6.92 Å². The number of sulfonamides is 1. The van der Waals surface area contributed by atoms with Crippen LogP contribution in [-0.4, -0.2) is 40.1 Å². The number of hydrogen-bond donors (Lipinski definition) is 2. The fourth-order valence-corrected chi connectivity index (χ4v) is 3.79. The fourth-order valence-electron chi connectivity index (χ4n) is 2.46. The summed E-state index contributed by atoms with van der Waals surface area (Å²) in [7, 11) is -2.35. The second-order valence-electron chi connectivity index (χ2n) is 6.75. The van der Waals surface area contributed by atoms with Gasteiger partial charge in [0, 0.05) is 17.3 Å². The van der Waals surface area contributed by atoms with Crippen LogP contribution in [0.5, 0.6) is 5.75 Å². The number of rotatable bonds is 9. The molecule has 8 nitrogen and oxygen atoms in total. The summed E-state index contributed by atoms with van der Waals surface area (Å²) in [6.07, 6.45) is 0.672. The molecule has 162 valence electrons. The van der Waals surface area contributed by atoms with E-state index < -0.39 is 16.0 Å². The summed E-state index contributed by atoms with van der Waals surface area (Å²) >= 11 is 0. The minimum Gasteiger partial charge on any atom is -0.482 e. The third-order valence-corrected chi connectivity index (χ3v) is 6.03. The van der Waals surface area contributed by atoms with Gasteiger partial charge in [-0.25, -0.2) is 17.9 Å². The van der Waals surface area contributed by atoms with E-state index in [9.17, 15) is 18.0 Å². The molecule has 2 aromatic carbocycles. The second kappa shape index (κ2) is 10.2. The molecule has 2 N–H and O–H groups in total. The Balaban J connectivity index is 2.06. The van der Waals surface area contributed by atoms with Crippen molar-refractivity contribution in [2.75, 3.05) is 19.0 Å². The first kappa shape index (κ1) is 23.4. The van der Waals surface area contributed by atoms with Crippen molar-refractivity contribution >= 4 is 27.6 Å². The maximum absolute atomic E-state index is 12.5. The number of nitrogens with one attached hydrogen (secondary N) is 2. The molecule has 0 bridgehead atoms. The topological polar surface area (TPSA) is 111 Å². The van der Waals surface area contributed by atoms with E-state index in [-0.39, 0.29) is 23.5 Å². The minimum atomic E-state index is -3.63. The number of amides is 1. The zero-order chi connectivity index (χ0) is 22.3. The number of carbonyl (C=O) groups excluding carboxylic acids is 2. The van der Waals surface area contributed by atoms with Gasteiger partial charge in [0.2, 0.25) is 10.0 Å². The van der Waals surface area contributed by atoms with Crippen LogP contribution in [0.1, 0.15) is 36.2 Å². The van der Waals surface area contributed by atoms with Crippen LogP contribution in [0.15, 0.2) is 47.4 Å². The Morgan fingerprint density at radius 1 is 1.10 bits per heavy atom. The first-order valence-electron chi connectivity index (χ1n) is 9.40. The summed E-state index contributed by atoms with van der Waals surface area (Å²) in [5.74, 6) is -0.394. The van der Waals surface area contributed by atoms with E-state index in [1.807, 2.05) is 6.92 Å². The molecule has 2 aromatic rings. The predicted octanol–water partition coefficient (Wildman–Crippen LogP) is 2.88. The molecular formula is C21H26N2O6S. The second-order valence-corrected chi connectivity index (χ2v) is 8.46. The summed E-state index contributed by atoms with van der Waals surface area (Å²) in [4.78, 5) is 23.8. The Kier molecular flexibility index (Phi) is 7.96. The average molecular weight is 435 g/mol.